The van der Waals surface area contributed by atoms with Crippen LogP contribution >= 0.6 is 0 Å². The highest BCUT2D eigenvalue weighted by atomic mass is 16.3. The van der Waals surface area contributed by atoms with Gasteiger partial charge >= 0.3 is 0 Å². The van der Waals surface area contributed by atoms with Gasteiger partial charge in [-0.05, 0) is 43.5 Å². The van der Waals surface area contributed by atoms with Crippen molar-refractivity contribution in [3.05, 3.63) is 29.3 Å². The molecule has 1 fully saturated rings. The van der Waals surface area contributed by atoms with Gasteiger partial charge in [-0.2, -0.15) is 0 Å². The van der Waals surface area contributed by atoms with E-state index in [1.807, 2.05) is 13.0 Å². The molecule has 0 saturated carbocycles. The predicted molar refractivity (Wildman–Crippen MR) is 57.7 cm³/mol. The molecule has 0 bridgehead atoms. The molecule has 2 N–H and O–H groups in total. The fraction of sp³-hybridized carbons (Fsp3) is 0.500. The molecular weight excluding hydrogens is 174 g/mol. The van der Waals surface area contributed by atoms with Crippen LogP contribution in [0.4, 0.5) is 0 Å². The van der Waals surface area contributed by atoms with Crippen LogP contribution in [0.2, 0.25) is 0 Å². The Morgan fingerprint density at radius 3 is 2.93 bits per heavy atom. The summed E-state index contributed by atoms with van der Waals surface area (Å²) in [6, 6.07) is 5.98. The molecule has 1 heterocycles. The monoisotopic (exact) mass is 191 g/mol. The van der Waals surface area contributed by atoms with Crippen LogP contribution in [0, 0.1) is 6.92 Å². The first-order valence-electron chi connectivity index (χ1n) is 5.27. The number of hydrogen-bond donors (Lipinski definition) is 2. The van der Waals surface area contributed by atoms with E-state index in [4.69, 9.17) is 0 Å². The Kier molecular flexibility index (Phi) is 2.73. The number of rotatable bonds is 1. The molecule has 0 radical (unpaired) electrons. The van der Waals surface area contributed by atoms with E-state index in [1.54, 1.807) is 0 Å². The van der Waals surface area contributed by atoms with Crippen LogP contribution in [-0.4, -0.2) is 18.2 Å². The van der Waals surface area contributed by atoms with Gasteiger partial charge in [0.15, 0.2) is 0 Å². The van der Waals surface area contributed by atoms with Crippen LogP contribution in [0.3, 0.4) is 0 Å². The Morgan fingerprint density at radius 2 is 2.29 bits per heavy atom. The first-order valence-corrected chi connectivity index (χ1v) is 5.27. The van der Waals surface area contributed by atoms with Crippen molar-refractivity contribution in [2.24, 2.45) is 0 Å². The van der Waals surface area contributed by atoms with Gasteiger partial charge in [0.25, 0.3) is 0 Å². The lowest BCUT2D eigenvalue weighted by atomic mass is 9.90. The molecule has 2 nitrogen and oxygen atoms in total. The Morgan fingerprint density at radius 1 is 1.43 bits per heavy atom. The highest BCUT2D eigenvalue weighted by Gasteiger charge is 2.17. The number of aryl methyl sites for hydroxylation is 1. The molecule has 0 amide bonds. The number of aromatic hydroxyl groups is 1. The summed E-state index contributed by atoms with van der Waals surface area (Å²) in [5.74, 6) is 0.947. The smallest absolute Gasteiger partial charge is 0.119 e. The van der Waals surface area contributed by atoms with Crippen molar-refractivity contribution in [1.29, 1.82) is 0 Å². The summed E-state index contributed by atoms with van der Waals surface area (Å²) in [5.41, 5.74) is 2.22. The average Bonchev–Trinajstić information content (AvgIpc) is 2.19. The summed E-state index contributed by atoms with van der Waals surface area (Å²) >= 11 is 0. The molecule has 1 atom stereocenters. The third kappa shape index (κ3) is 1.90. The minimum absolute atomic E-state index is 0.457. The molecule has 76 valence electrons. The van der Waals surface area contributed by atoms with Crippen molar-refractivity contribution in [2.45, 2.75) is 25.7 Å². The van der Waals surface area contributed by atoms with E-state index in [0.717, 1.165) is 24.2 Å². The van der Waals surface area contributed by atoms with Gasteiger partial charge in [-0.25, -0.2) is 0 Å². The predicted octanol–water partition coefficient (Wildman–Crippen LogP) is 2.17. The van der Waals surface area contributed by atoms with Gasteiger partial charge in [0.05, 0.1) is 0 Å². The summed E-state index contributed by atoms with van der Waals surface area (Å²) in [5, 5.41) is 13.2. The Hall–Kier alpha value is -1.02. The van der Waals surface area contributed by atoms with Crippen LogP contribution < -0.4 is 5.32 Å². The van der Waals surface area contributed by atoms with Crippen molar-refractivity contribution in [1.82, 2.24) is 5.32 Å². The first kappa shape index (κ1) is 9.53. The minimum Gasteiger partial charge on any atom is -0.508 e. The fourth-order valence-corrected chi connectivity index (χ4v) is 2.12. The van der Waals surface area contributed by atoms with E-state index < -0.39 is 0 Å². The summed E-state index contributed by atoms with van der Waals surface area (Å²) in [4.78, 5) is 0. The van der Waals surface area contributed by atoms with E-state index >= 15 is 0 Å². The van der Waals surface area contributed by atoms with Crippen molar-refractivity contribution < 1.29 is 5.11 Å². The lowest BCUT2D eigenvalue weighted by Gasteiger charge is -2.23. The van der Waals surface area contributed by atoms with Crippen LogP contribution in [0.1, 0.15) is 29.9 Å². The van der Waals surface area contributed by atoms with E-state index in [1.165, 1.54) is 12.8 Å². The molecule has 0 aromatic heterocycles. The number of nitrogens with one attached hydrogen (secondary N) is 1. The third-order valence-electron chi connectivity index (χ3n) is 2.92. The Bertz CT molecular complexity index is 316. The van der Waals surface area contributed by atoms with Gasteiger partial charge in [0.1, 0.15) is 5.75 Å². The lowest BCUT2D eigenvalue weighted by molar-refractivity contribution is 0.425. The molecule has 1 aliphatic rings. The molecule has 14 heavy (non-hydrogen) atoms. The van der Waals surface area contributed by atoms with E-state index in [9.17, 15) is 5.11 Å². The Labute approximate surface area is 85.0 Å². The second kappa shape index (κ2) is 4.01. The quantitative estimate of drug-likeness (QED) is 0.713. The van der Waals surface area contributed by atoms with E-state index in [0.29, 0.717) is 11.7 Å². The summed E-state index contributed by atoms with van der Waals surface area (Å²) in [7, 11) is 0. The maximum Gasteiger partial charge on any atom is 0.119 e. The molecule has 1 aliphatic heterocycles. The van der Waals surface area contributed by atoms with Crippen LogP contribution in [-0.2, 0) is 0 Å². The van der Waals surface area contributed by atoms with Gasteiger partial charge in [0.2, 0.25) is 0 Å². The van der Waals surface area contributed by atoms with Crippen LogP contribution in [0.25, 0.3) is 0 Å². The van der Waals surface area contributed by atoms with Crippen LogP contribution in [0.15, 0.2) is 18.2 Å². The number of phenolic OH excluding ortho intramolecular Hbond substituents is 1. The zero-order valence-electron chi connectivity index (χ0n) is 8.59. The SMILES string of the molecule is Cc1ccc(C2CCCNC2)c(O)c1. The molecule has 2 rings (SSSR count). The molecular formula is C12H17NO. The maximum atomic E-state index is 9.82. The number of piperidine rings is 1. The average molecular weight is 191 g/mol. The molecule has 1 saturated heterocycles. The second-order valence-corrected chi connectivity index (χ2v) is 4.11. The molecule has 1 aromatic rings. The number of phenols is 1. The zero-order chi connectivity index (χ0) is 9.97. The van der Waals surface area contributed by atoms with Gasteiger partial charge < -0.3 is 10.4 Å². The maximum absolute atomic E-state index is 9.82. The number of benzene rings is 1. The highest BCUT2D eigenvalue weighted by Crippen LogP contribution is 2.30. The van der Waals surface area contributed by atoms with Gasteiger partial charge in [0, 0.05) is 12.5 Å². The molecule has 0 aliphatic carbocycles. The summed E-state index contributed by atoms with van der Waals surface area (Å²) in [6.07, 6.45) is 2.39. The third-order valence-corrected chi connectivity index (χ3v) is 2.92. The zero-order valence-corrected chi connectivity index (χ0v) is 8.59. The van der Waals surface area contributed by atoms with Crippen molar-refractivity contribution in [3.63, 3.8) is 0 Å². The summed E-state index contributed by atoms with van der Waals surface area (Å²) < 4.78 is 0. The van der Waals surface area contributed by atoms with E-state index in [-0.39, 0.29) is 0 Å². The van der Waals surface area contributed by atoms with Crippen molar-refractivity contribution >= 4 is 0 Å². The summed E-state index contributed by atoms with van der Waals surface area (Å²) in [6.45, 7) is 4.11. The largest absolute Gasteiger partial charge is 0.508 e. The standard InChI is InChI=1S/C12H17NO/c1-9-4-5-11(12(14)7-9)10-3-2-6-13-8-10/h4-5,7,10,13-14H,2-3,6,8H2,1H3. The Balaban J connectivity index is 2.22. The van der Waals surface area contributed by atoms with Crippen molar-refractivity contribution in [2.75, 3.05) is 13.1 Å². The van der Waals surface area contributed by atoms with Gasteiger partial charge in [-0.15, -0.1) is 0 Å². The number of hydrogen-bond acceptors (Lipinski definition) is 2. The van der Waals surface area contributed by atoms with Gasteiger partial charge in [-0.1, -0.05) is 12.1 Å². The van der Waals surface area contributed by atoms with Gasteiger partial charge in [-0.3, -0.25) is 0 Å². The topological polar surface area (TPSA) is 32.3 Å². The molecule has 0 spiro atoms. The highest BCUT2D eigenvalue weighted by molar-refractivity contribution is 5.38. The van der Waals surface area contributed by atoms with Crippen LogP contribution in [0.5, 0.6) is 5.75 Å². The van der Waals surface area contributed by atoms with E-state index in [2.05, 4.69) is 17.4 Å². The fourth-order valence-electron chi connectivity index (χ4n) is 2.12. The molecule has 2 heteroatoms. The molecule has 1 aromatic carbocycles. The second-order valence-electron chi connectivity index (χ2n) is 4.11. The first-order chi connectivity index (χ1) is 6.77. The normalized spacial score (nSPS) is 22.2. The molecule has 1 unspecified atom stereocenters. The van der Waals surface area contributed by atoms with Crippen molar-refractivity contribution in [3.8, 4) is 5.75 Å². The minimum atomic E-state index is 0.457. The lowest BCUT2D eigenvalue weighted by Crippen LogP contribution is -2.28.